The van der Waals surface area contributed by atoms with Crippen LogP contribution in [0.15, 0.2) is 53.1 Å². The van der Waals surface area contributed by atoms with Gasteiger partial charge < -0.3 is 19.1 Å². The van der Waals surface area contributed by atoms with Crippen LogP contribution in [0.25, 0.3) is 11.3 Å². The average molecular weight is 517 g/mol. The minimum atomic E-state index is -0.985. The summed E-state index contributed by atoms with van der Waals surface area (Å²) in [4.78, 5) is 16.2. The van der Waals surface area contributed by atoms with E-state index in [1.165, 1.54) is 0 Å². The zero-order chi connectivity index (χ0) is 25.5. The number of carbonyl (C=O) groups is 1. The molecule has 1 N–H and O–H groups in total. The van der Waals surface area contributed by atoms with Crippen LogP contribution in [0.4, 0.5) is 0 Å². The van der Waals surface area contributed by atoms with E-state index in [1.807, 2.05) is 37.3 Å². The number of carboxylic acid groups (broad SMARTS) is 1. The number of nitrogens with zero attached hydrogens (tertiary/aromatic N) is 2. The molecule has 0 saturated heterocycles. The van der Waals surface area contributed by atoms with E-state index in [1.54, 1.807) is 18.2 Å². The first-order valence-corrected chi connectivity index (χ1v) is 12.8. The molecule has 0 unspecified atom stereocenters. The molecule has 2 aliphatic rings. The summed E-state index contributed by atoms with van der Waals surface area (Å²) in [6, 6.07) is 14.4. The van der Waals surface area contributed by atoms with E-state index in [2.05, 4.69) is 5.16 Å². The van der Waals surface area contributed by atoms with Gasteiger partial charge in [0.05, 0.1) is 21.8 Å². The van der Waals surface area contributed by atoms with E-state index in [0.717, 1.165) is 65.8 Å². The Morgan fingerprint density at radius 3 is 2.78 bits per heavy atom. The summed E-state index contributed by atoms with van der Waals surface area (Å²) in [6.07, 6.45) is 4.50. The quantitative estimate of drug-likeness (QED) is 0.291. The molecule has 2 aromatic heterocycles. The average Bonchev–Trinajstić information content (AvgIpc) is 3.63. The van der Waals surface area contributed by atoms with Crippen LogP contribution in [-0.4, -0.2) is 21.2 Å². The van der Waals surface area contributed by atoms with Crippen molar-refractivity contribution in [2.24, 2.45) is 0 Å². The second-order valence-electron chi connectivity index (χ2n) is 9.55. The van der Waals surface area contributed by atoms with Gasteiger partial charge in [-0.2, -0.15) is 0 Å². The summed E-state index contributed by atoms with van der Waals surface area (Å²) < 4.78 is 18.1. The summed E-state index contributed by atoms with van der Waals surface area (Å²) in [5.74, 6) is 1.86. The van der Waals surface area contributed by atoms with Crippen LogP contribution >= 0.6 is 11.6 Å². The summed E-state index contributed by atoms with van der Waals surface area (Å²) in [5, 5.41) is 14.4. The number of fused-ring (bicyclic) bond motifs is 2. The molecule has 1 fully saturated rings. The highest BCUT2D eigenvalue weighted by Gasteiger charge is 2.33. The van der Waals surface area contributed by atoms with Gasteiger partial charge in [-0.25, -0.2) is 9.78 Å². The number of aromatic nitrogens is 2. The van der Waals surface area contributed by atoms with Gasteiger partial charge in [0.25, 0.3) is 0 Å². The Morgan fingerprint density at radius 2 is 2.00 bits per heavy atom. The molecule has 6 rings (SSSR count). The van der Waals surface area contributed by atoms with E-state index in [9.17, 15) is 9.90 Å². The normalized spacial score (nSPS) is 14.6. The molecule has 3 heterocycles. The summed E-state index contributed by atoms with van der Waals surface area (Å²) in [6.45, 7) is 2.26. The summed E-state index contributed by atoms with van der Waals surface area (Å²) >= 11 is 6.55. The molecule has 0 spiro atoms. The summed E-state index contributed by atoms with van der Waals surface area (Å²) in [5.41, 5.74) is 5.45. The predicted molar refractivity (Wildman–Crippen MR) is 138 cm³/mol. The number of aryl methyl sites for hydroxylation is 3. The Bertz CT molecular complexity index is 1490. The van der Waals surface area contributed by atoms with Crippen molar-refractivity contribution in [1.29, 1.82) is 0 Å². The monoisotopic (exact) mass is 516 g/mol. The largest absolute Gasteiger partial charge is 0.478 e. The van der Waals surface area contributed by atoms with Gasteiger partial charge in [0.2, 0.25) is 5.88 Å². The lowest BCUT2D eigenvalue weighted by atomic mass is 10.0. The van der Waals surface area contributed by atoms with Crippen molar-refractivity contribution in [2.75, 3.05) is 0 Å². The molecule has 1 aliphatic heterocycles. The van der Waals surface area contributed by atoms with Gasteiger partial charge in [-0.3, -0.25) is 0 Å². The van der Waals surface area contributed by atoms with Crippen LogP contribution in [0.5, 0.6) is 17.4 Å². The maximum absolute atomic E-state index is 11.4. The maximum atomic E-state index is 11.4. The number of hydrogen-bond donors (Lipinski definition) is 1. The first-order valence-electron chi connectivity index (χ1n) is 12.4. The lowest BCUT2D eigenvalue weighted by molar-refractivity contribution is 0.0696. The molecule has 2 aromatic carbocycles. The van der Waals surface area contributed by atoms with Crippen LogP contribution in [-0.2, 0) is 19.4 Å². The number of ether oxygens (including phenoxy) is 2. The van der Waals surface area contributed by atoms with E-state index >= 15 is 0 Å². The Kier molecular flexibility index (Phi) is 6.08. The number of hydrogen-bond acceptors (Lipinski definition) is 6. The number of aromatic carboxylic acids is 1. The molecule has 0 atom stereocenters. The molecule has 37 heavy (non-hydrogen) atoms. The van der Waals surface area contributed by atoms with Gasteiger partial charge in [-0.1, -0.05) is 35.0 Å². The minimum absolute atomic E-state index is 0.193. The molecular weight excluding hydrogens is 492 g/mol. The molecule has 0 amide bonds. The Hall–Kier alpha value is -3.84. The van der Waals surface area contributed by atoms with Crippen LogP contribution in [0.2, 0.25) is 5.02 Å². The fourth-order valence-electron chi connectivity index (χ4n) is 4.78. The Labute approximate surface area is 219 Å². The second kappa shape index (κ2) is 9.56. The third kappa shape index (κ3) is 4.67. The van der Waals surface area contributed by atoms with Crippen molar-refractivity contribution < 1.29 is 23.9 Å². The van der Waals surface area contributed by atoms with Crippen LogP contribution in [0, 0.1) is 6.92 Å². The van der Waals surface area contributed by atoms with Gasteiger partial charge >= 0.3 is 5.97 Å². The van der Waals surface area contributed by atoms with Crippen LogP contribution in [0.1, 0.15) is 63.7 Å². The zero-order valence-electron chi connectivity index (χ0n) is 20.3. The van der Waals surface area contributed by atoms with Gasteiger partial charge in [0.1, 0.15) is 29.6 Å². The van der Waals surface area contributed by atoms with Gasteiger partial charge in [-0.15, -0.1) is 0 Å². The predicted octanol–water partition coefficient (Wildman–Crippen LogP) is 7.13. The van der Waals surface area contributed by atoms with E-state index < -0.39 is 5.97 Å². The maximum Gasteiger partial charge on any atom is 0.335 e. The number of pyridine rings is 1. The van der Waals surface area contributed by atoms with Crippen molar-refractivity contribution in [3.05, 3.63) is 87.3 Å². The van der Waals surface area contributed by atoms with Gasteiger partial charge in [-0.05, 0) is 74.4 Å². The highest BCUT2D eigenvalue weighted by atomic mass is 35.5. The molecule has 7 nitrogen and oxygen atoms in total. The van der Waals surface area contributed by atoms with Crippen molar-refractivity contribution in [3.63, 3.8) is 0 Å². The van der Waals surface area contributed by atoms with Crippen LogP contribution < -0.4 is 9.47 Å². The summed E-state index contributed by atoms with van der Waals surface area (Å²) in [7, 11) is 0. The highest BCUT2D eigenvalue weighted by Crippen LogP contribution is 2.45. The van der Waals surface area contributed by atoms with E-state index in [-0.39, 0.29) is 12.2 Å². The van der Waals surface area contributed by atoms with Crippen molar-refractivity contribution >= 4 is 17.6 Å². The van der Waals surface area contributed by atoms with Crippen LogP contribution in [0.3, 0.4) is 0 Å². The first kappa shape index (κ1) is 23.6. The number of halogens is 1. The fourth-order valence-corrected chi connectivity index (χ4v) is 5.09. The van der Waals surface area contributed by atoms with Crippen molar-refractivity contribution in [3.8, 4) is 28.6 Å². The van der Waals surface area contributed by atoms with E-state index in [0.29, 0.717) is 34.0 Å². The van der Waals surface area contributed by atoms with Crippen molar-refractivity contribution in [2.45, 2.75) is 51.6 Å². The molecule has 1 saturated carbocycles. The Morgan fingerprint density at radius 1 is 1.14 bits per heavy atom. The third-order valence-electron chi connectivity index (χ3n) is 6.89. The number of benzene rings is 2. The first-order chi connectivity index (χ1) is 18.0. The number of rotatable bonds is 6. The molecule has 4 aromatic rings. The molecule has 0 bridgehead atoms. The molecule has 1 aliphatic carbocycles. The smallest absolute Gasteiger partial charge is 0.335 e. The molecule has 0 radical (unpaired) electrons. The second-order valence-corrected chi connectivity index (χ2v) is 9.95. The topological polar surface area (TPSA) is 94.7 Å². The zero-order valence-corrected chi connectivity index (χ0v) is 21.0. The lowest BCUT2D eigenvalue weighted by Crippen LogP contribution is -2.07. The van der Waals surface area contributed by atoms with Crippen molar-refractivity contribution in [1.82, 2.24) is 10.1 Å². The lowest BCUT2D eigenvalue weighted by Gasteiger charge is -2.18. The standard InChI is InChI=1S/C29H25ClN2O5/c1-16-4-2-6-21(30)26(16)27-20(28(37-32-27)18-9-10-18)15-35-25-13-12-23-22(31-25)7-3-5-17-8-11-19(29(33)34)14-24(17)36-23/h2,4,6,8,11-14,18H,3,5,7,9-10,15H2,1H3,(H,33,34). The highest BCUT2D eigenvalue weighted by molar-refractivity contribution is 6.33. The van der Waals surface area contributed by atoms with Gasteiger partial charge in [0, 0.05) is 17.5 Å². The molecular formula is C29H25ClN2O5. The van der Waals surface area contributed by atoms with E-state index in [4.69, 9.17) is 30.6 Å². The molecule has 188 valence electrons. The fraction of sp³-hybridized carbons (Fsp3) is 0.276. The van der Waals surface area contributed by atoms with Gasteiger partial charge in [0.15, 0.2) is 0 Å². The Balaban J connectivity index is 1.27. The minimum Gasteiger partial charge on any atom is -0.478 e. The molecule has 8 heteroatoms. The SMILES string of the molecule is Cc1cccc(Cl)c1-c1noc(C2CC2)c1COc1ccc2c(n1)CCCc1ccc(C(=O)O)cc1O2. The third-order valence-corrected chi connectivity index (χ3v) is 7.21. The number of carboxylic acids is 1.